The molecule has 0 unspecified atom stereocenters. The van der Waals surface area contributed by atoms with Gasteiger partial charge in [0.05, 0.1) is 11.3 Å². The fourth-order valence-corrected chi connectivity index (χ4v) is 2.20. The lowest BCUT2D eigenvalue weighted by Gasteiger charge is -2.05. The number of unbranched alkanes of at least 4 members (excludes halogenated alkanes) is 1. The Hall–Kier alpha value is -1.49. The molecule has 1 aromatic rings. The SMILES string of the molecule is CCCCSCC(=O)Nc1ccc(C(=O)O)cc1. The lowest BCUT2D eigenvalue weighted by atomic mass is 10.2. The Morgan fingerprint density at radius 2 is 1.94 bits per heavy atom. The highest BCUT2D eigenvalue weighted by Gasteiger charge is 2.04. The molecule has 0 aliphatic rings. The van der Waals surface area contributed by atoms with E-state index < -0.39 is 5.97 Å². The van der Waals surface area contributed by atoms with Crippen LogP contribution in [-0.4, -0.2) is 28.5 Å². The van der Waals surface area contributed by atoms with E-state index in [1.807, 2.05) is 0 Å². The summed E-state index contributed by atoms with van der Waals surface area (Å²) < 4.78 is 0. The second-order valence-electron chi connectivity index (χ2n) is 3.84. The van der Waals surface area contributed by atoms with Gasteiger partial charge in [-0.15, -0.1) is 0 Å². The second kappa shape index (κ2) is 7.76. The Balaban J connectivity index is 2.37. The van der Waals surface area contributed by atoms with Crippen LogP contribution in [0.4, 0.5) is 5.69 Å². The molecule has 0 fully saturated rings. The Morgan fingerprint density at radius 3 is 2.50 bits per heavy atom. The van der Waals surface area contributed by atoms with Crippen molar-refractivity contribution in [3.8, 4) is 0 Å². The molecule has 0 heterocycles. The maximum atomic E-state index is 11.5. The first-order valence-electron chi connectivity index (χ1n) is 5.84. The van der Waals surface area contributed by atoms with Crippen LogP contribution in [-0.2, 0) is 4.79 Å². The highest BCUT2D eigenvalue weighted by atomic mass is 32.2. The summed E-state index contributed by atoms with van der Waals surface area (Å²) in [4.78, 5) is 22.2. The average molecular weight is 267 g/mol. The number of carboxylic acid groups (broad SMARTS) is 1. The number of nitrogens with one attached hydrogen (secondary N) is 1. The van der Waals surface area contributed by atoms with E-state index in [1.54, 1.807) is 23.9 Å². The zero-order chi connectivity index (χ0) is 13.4. The summed E-state index contributed by atoms with van der Waals surface area (Å²) in [6.07, 6.45) is 2.25. The Bertz CT molecular complexity index is 403. The fraction of sp³-hybridized carbons (Fsp3) is 0.385. The number of hydrogen-bond acceptors (Lipinski definition) is 3. The van der Waals surface area contributed by atoms with E-state index in [2.05, 4.69) is 12.2 Å². The van der Waals surface area contributed by atoms with Gasteiger partial charge in [0.2, 0.25) is 5.91 Å². The van der Waals surface area contributed by atoms with Crippen LogP contribution in [0.15, 0.2) is 24.3 Å². The van der Waals surface area contributed by atoms with Crippen molar-refractivity contribution < 1.29 is 14.7 Å². The van der Waals surface area contributed by atoms with E-state index >= 15 is 0 Å². The van der Waals surface area contributed by atoms with Gasteiger partial charge in [0.15, 0.2) is 0 Å². The number of carbonyl (C=O) groups is 2. The van der Waals surface area contributed by atoms with Gasteiger partial charge in [-0.1, -0.05) is 13.3 Å². The summed E-state index contributed by atoms with van der Waals surface area (Å²) in [7, 11) is 0. The van der Waals surface area contributed by atoms with E-state index in [4.69, 9.17) is 5.11 Å². The van der Waals surface area contributed by atoms with E-state index in [0.29, 0.717) is 11.4 Å². The highest BCUT2D eigenvalue weighted by molar-refractivity contribution is 7.99. The van der Waals surface area contributed by atoms with Gasteiger partial charge in [0.1, 0.15) is 0 Å². The topological polar surface area (TPSA) is 66.4 Å². The van der Waals surface area contributed by atoms with Gasteiger partial charge in [-0.25, -0.2) is 4.79 Å². The minimum atomic E-state index is -0.969. The third-order valence-electron chi connectivity index (χ3n) is 2.29. The molecule has 0 spiro atoms. The number of aromatic carboxylic acids is 1. The van der Waals surface area contributed by atoms with E-state index in [1.165, 1.54) is 12.1 Å². The van der Waals surface area contributed by atoms with Gasteiger partial charge >= 0.3 is 5.97 Å². The van der Waals surface area contributed by atoms with Crippen molar-refractivity contribution in [3.05, 3.63) is 29.8 Å². The van der Waals surface area contributed by atoms with Crippen LogP contribution in [0, 0.1) is 0 Å². The molecule has 0 aliphatic carbocycles. The Kier molecular flexibility index (Phi) is 6.28. The minimum Gasteiger partial charge on any atom is -0.478 e. The second-order valence-corrected chi connectivity index (χ2v) is 4.94. The normalized spacial score (nSPS) is 10.1. The molecule has 98 valence electrons. The predicted molar refractivity (Wildman–Crippen MR) is 74.3 cm³/mol. The molecule has 0 aromatic heterocycles. The number of amides is 1. The van der Waals surface area contributed by atoms with Crippen LogP contribution in [0.5, 0.6) is 0 Å². The molecule has 5 heteroatoms. The maximum Gasteiger partial charge on any atom is 0.335 e. The summed E-state index contributed by atoms with van der Waals surface area (Å²) in [5, 5.41) is 11.5. The number of carbonyl (C=O) groups excluding carboxylic acids is 1. The van der Waals surface area contributed by atoms with Crippen molar-refractivity contribution in [3.63, 3.8) is 0 Å². The maximum absolute atomic E-state index is 11.5. The van der Waals surface area contributed by atoms with Crippen molar-refractivity contribution in [2.75, 3.05) is 16.8 Å². The summed E-state index contributed by atoms with van der Waals surface area (Å²) in [5.41, 5.74) is 0.839. The summed E-state index contributed by atoms with van der Waals surface area (Å²) in [5.74, 6) is 0.393. The smallest absolute Gasteiger partial charge is 0.335 e. The molecular formula is C13H17NO3S. The average Bonchev–Trinajstić information content (AvgIpc) is 2.35. The third kappa shape index (κ3) is 5.23. The van der Waals surface area contributed by atoms with Crippen LogP contribution in [0.2, 0.25) is 0 Å². The summed E-state index contributed by atoms with van der Waals surface area (Å²) >= 11 is 1.61. The van der Waals surface area contributed by atoms with Crippen molar-refractivity contribution in [2.24, 2.45) is 0 Å². The van der Waals surface area contributed by atoms with Crippen LogP contribution in [0.3, 0.4) is 0 Å². The molecule has 1 aromatic carbocycles. The zero-order valence-corrected chi connectivity index (χ0v) is 11.1. The molecule has 0 aliphatic heterocycles. The molecule has 0 saturated carbocycles. The standard InChI is InChI=1S/C13H17NO3S/c1-2-3-8-18-9-12(15)14-11-6-4-10(5-7-11)13(16)17/h4-7H,2-3,8-9H2,1H3,(H,14,15)(H,16,17). The molecule has 4 nitrogen and oxygen atoms in total. The van der Waals surface area contributed by atoms with Gasteiger partial charge < -0.3 is 10.4 Å². The molecule has 0 atom stereocenters. The van der Waals surface area contributed by atoms with Crippen LogP contribution >= 0.6 is 11.8 Å². The Labute approximate surface area is 111 Å². The van der Waals surface area contributed by atoms with Crippen molar-refractivity contribution in [1.29, 1.82) is 0 Å². The first kappa shape index (κ1) is 14.6. The first-order chi connectivity index (χ1) is 8.63. The van der Waals surface area contributed by atoms with E-state index in [-0.39, 0.29) is 11.5 Å². The molecule has 1 rings (SSSR count). The third-order valence-corrected chi connectivity index (χ3v) is 3.33. The number of anilines is 1. The quantitative estimate of drug-likeness (QED) is 0.745. The molecule has 2 N–H and O–H groups in total. The van der Waals surface area contributed by atoms with E-state index in [9.17, 15) is 9.59 Å². The minimum absolute atomic E-state index is 0.0563. The fourth-order valence-electron chi connectivity index (χ4n) is 1.30. The monoisotopic (exact) mass is 267 g/mol. The van der Waals surface area contributed by atoms with Gasteiger partial charge in [-0.05, 0) is 36.4 Å². The number of rotatable bonds is 7. The molecule has 1 amide bonds. The van der Waals surface area contributed by atoms with Crippen molar-refractivity contribution in [1.82, 2.24) is 0 Å². The van der Waals surface area contributed by atoms with Gasteiger partial charge in [0.25, 0.3) is 0 Å². The van der Waals surface area contributed by atoms with Gasteiger partial charge in [0, 0.05) is 5.69 Å². The number of carboxylic acids is 1. The summed E-state index contributed by atoms with van der Waals surface area (Å²) in [6, 6.07) is 6.14. The molecule has 18 heavy (non-hydrogen) atoms. The molecule has 0 saturated heterocycles. The summed E-state index contributed by atoms with van der Waals surface area (Å²) in [6.45, 7) is 2.12. The largest absolute Gasteiger partial charge is 0.478 e. The van der Waals surface area contributed by atoms with Gasteiger partial charge in [-0.3, -0.25) is 4.79 Å². The van der Waals surface area contributed by atoms with Crippen LogP contribution in [0.25, 0.3) is 0 Å². The van der Waals surface area contributed by atoms with Crippen LogP contribution in [0.1, 0.15) is 30.1 Å². The predicted octanol–water partition coefficient (Wildman–Crippen LogP) is 2.86. The lowest BCUT2D eigenvalue weighted by Crippen LogP contribution is -2.14. The number of benzene rings is 1. The highest BCUT2D eigenvalue weighted by Crippen LogP contribution is 2.11. The number of hydrogen-bond donors (Lipinski definition) is 2. The van der Waals surface area contributed by atoms with E-state index in [0.717, 1.165) is 18.6 Å². The lowest BCUT2D eigenvalue weighted by molar-refractivity contribution is -0.113. The van der Waals surface area contributed by atoms with Crippen molar-refractivity contribution >= 4 is 29.3 Å². The first-order valence-corrected chi connectivity index (χ1v) is 7.00. The molecular weight excluding hydrogens is 250 g/mol. The van der Waals surface area contributed by atoms with Crippen molar-refractivity contribution in [2.45, 2.75) is 19.8 Å². The molecule has 0 bridgehead atoms. The Morgan fingerprint density at radius 1 is 1.28 bits per heavy atom. The van der Waals surface area contributed by atoms with Crippen LogP contribution < -0.4 is 5.32 Å². The van der Waals surface area contributed by atoms with Gasteiger partial charge in [-0.2, -0.15) is 11.8 Å². The number of thioether (sulfide) groups is 1. The molecule has 0 radical (unpaired) electrons. The zero-order valence-electron chi connectivity index (χ0n) is 10.3.